The summed E-state index contributed by atoms with van der Waals surface area (Å²) in [6, 6.07) is 12.9. The smallest absolute Gasteiger partial charge is 0.130 e. The third-order valence-electron chi connectivity index (χ3n) is 4.46. The van der Waals surface area contributed by atoms with Crippen LogP contribution < -0.4 is 4.74 Å². The first-order valence-electron chi connectivity index (χ1n) is 8.68. The monoisotopic (exact) mass is 310 g/mol. The molecule has 1 heteroatoms. The van der Waals surface area contributed by atoms with Crippen molar-refractivity contribution >= 4 is 0 Å². The Morgan fingerprint density at radius 2 is 1.30 bits per heavy atom. The van der Waals surface area contributed by atoms with Gasteiger partial charge in [0.05, 0.1) is 7.11 Å². The highest BCUT2D eigenvalue weighted by molar-refractivity contribution is 5.75. The fraction of sp³-hybridized carbons (Fsp3) is 0.455. The molecule has 0 heterocycles. The van der Waals surface area contributed by atoms with Crippen LogP contribution in [0.5, 0.6) is 5.75 Å². The van der Waals surface area contributed by atoms with Crippen LogP contribution in [0.25, 0.3) is 11.1 Å². The van der Waals surface area contributed by atoms with E-state index >= 15 is 0 Å². The van der Waals surface area contributed by atoms with E-state index in [-0.39, 0.29) is 0 Å². The molecule has 0 saturated heterocycles. The van der Waals surface area contributed by atoms with Crippen LogP contribution in [-0.2, 0) is 0 Å². The molecule has 0 aliphatic rings. The summed E-state index contributed by atoms with van der Waals surface area (Å²) in [6.07, 6.45) is 0. The number of hydrogen-bond acceptors (Lipinski definition) is 1. The Morgan fingerprint density at radius 3 is 1.74 bits per heavy atom. The zero-order chi connectivity index (χ0) is 17.1. The molecular formula is C22H30O. The second-order valence-corrected chi connectivity index (χ2v) is 7.20. The van der Waals surface area contributed by atoms with E-state index in [2.05, 4.69) is 77.9 Å². The quantitative estimate of drug-likeness (QED) is 0.594. The fourth-order valence-corrected chi connectivity index (χ4v) is 3.47. The van der Waals surface area contributed by atoms with Crippen molar-refractivity contribution in [1.82, 2.24) is 0 Å². The Hall–Kier alpha value is -1.76. The first-order chi connectivity index (χ1) is 10.9. The molecule has 0 spiro atoms. The van der Waals surface area contributed by atoms with Gasteiger partial charge in [0.15, 0.2) is 0 Å². The second kappa shape index (κ2) is 7.21. The van der Waals surface area contributed by atoms with Gasteiger partial charge in [0.1, 0.15) is 5.75 Å². The van der Waals surface area contributed by atoms with Crippen molar-refractivity contribution in [2.45, 2.75) is 59.3 Å². The number of benzene rings is 2. The third-order valence-corrected chi connectivity index (χ3v) is 4.46. The molecule has 2 rings (SSSR count). The van der Waals surface area contributed by atoms with E-state index in [1.54, 1.807) is 7.11 Å². The highest BCUT2D eigenvalue weighted by Gasteiger charge is 2.24. The Morgan fingerprint density at radius 1 is 0.739 bits per heavy atom. The Balaban J connectivity index is 2.88. The SMILES string of the molecule is COc1c(-c2ccccc2)cc(C(C)C)c(C(C)C)c1C(C)C. The summed E-state index contributed by atoms with van der Waals surface area (Å²) in [5.74, 6) is 2.46. The van der Waals surface area contributed by atoms with Crippen LogP contribution in [0.15, 0.2) is 36.4 Å². The summed E-state index contributed by atoms with van der Waals surface area (Å²) in [5, 5.41) is 0. The zero-order valence-electron chi connectivity index (χ0n) is 15.6. The molecule has 0 aliphatic carbocycles. The average Bonchev–Trinajstić information content (AvgIpc) is 2.53. The maximum atomic E-state index is 5.92. The minimum atomic E-state index is 0.434. The normalized spacial score (nSPS) is 11.6. The van der Waals surface area contributed by atoms with E-state index in [0.29, 0.717) is 17.8 Å². The van der Waals surface area contributed by atoms with Crippen molar-refractivity contribution in [3.63, 3.8) is 0 Å². The van der Waals surface area contributed by atoms with Gasteiger partial charge in [-0.15, -0.1) is 0 Å². The van der Waals surface area contributed by atoms with Crippen molar-refractivity contribution in [3.8, 4) is 16.9 Å². The summed E-state index contributed by atoms with van der Waals surface area (Å²) >= 11 is 0. The molecule has 0 radical (unpaired) electrons. The summed E-state index contributed by atoms with van der Waals surface area (Å²) in [5.41, 5.74) is 6.72. The molecule has 0 amide bonds. The molecule has 2 aromatic rings. The first-order valence-corrected chi connectivity index (χ1v) is 8.68. The van der Waals surface area contributed by atoms with E-state index in [4.69, 9.17) is 4.74 Å². The number of methoxy groups -OCH3 is 1. The minimum Gasteiger partial charge on any atom is -0.496 e. The van der Waals surface area contributed by atoms with Crippen molar-refractivity contribution in [1.29, 1.82) is 0 Å². The molecule has 0 saturated carbocycles. The third kappa shape index (κ3) is 3.44. The van der Waals surface area contributed by atoms with Crippen molar-refractivity contribution in [2.24, 2.45) is 0 Å². The standard InChI is InChI=1S/C22H30O/c1-14(2)18-13-19(17-11-9-8-10-12-17)22(23-7)21(16(5)6)20(18)15(3)4/h8-16H,1-7H3. The van der Waals surface area contributed by atoms with Crippen LogP contribution in [0.3, 0.4) is 0 Å². The second-order valence-electron chi connectivity index (χ2n) is 7.20. The van der Waals surface area contributed by atoms with Gasteiger partial charge in [0.25, 0.3) is 0 Å². The zero-order valence-corrected chi connectivity index (χ0v) is 15.6. The molecular weight excluding hydrogens is 280 g/mol. The van der Waals surface area contributed by atoms with Crippen molar-refractivity contribution in [2.75, 3.05) is 7.11 Å². The maximum Gasteiger partial charge on any atom is 0.130 e. The topological polar surface area (TPSA) is 9.23 Å². The lowest BCUT2D eigenvalue weighted by Crippen LogP contribution is -2.09. The highest BCUT2D eigenvalue weighted by Crippen LogP contribution is 2.45. The molecule has 0 unspecified atom stereocenters. The molecule has 0 aromatic heterocycles. The van der Waals surface area contributed by atoms with Crippen LogP contribution in [0, 0.1) is 0 Å². The lowest BCUT2D eigenvalue weighted by Gasteiger charge is -2.27. The van der Waals surface area contributed by atoms with Gasteiger partial charge >= 0.3 is 0 Å². The maximum absolute atomic E-state index is 5.92. The van der Waals surface area contributed by atoms with Gasteiger partial charge in [-0.2, -0.15) is 0 Å². The van der Waals surface area contributed by atoms with Gasteiger partial charge in [0, 0.05) is 11.1 Å². The lowest BCUT2D eigenvalue weighted by atomic mass is 9.80. The van der Waals surface area contributed by atoms with Gasteiger partial charge in [-0.25, -0.2) is 0 Å². The van der Waals surface area contributed by atoms with Crippen LogP contribution in [0.4, 0.5) is 0 Å². The highest BCUT2D eigenvalue weighted by atomic mass is 16.5. The molecule has 0 N–H and O–H groups in total. The van der Waals surface area contributed by atoms with Crippen molar-refractivity contribution in [3.05, 3.63) is 53.1 Å². The van der Waals surface area contributed by atoms with Crippen LogP contribution in [0.1, 0.15) is 76.0 Å². The van der Waals surface area contributed by atoms with Crippen LogP contribution >= 0.6 is 0 Å². The average molecular weight is 310 g/mol. The summed E-state index contributed by atoms with van der Waals surface area (Å²) in [7, 11) is 1.80. The minimum absolute atomic E-state index is 0.434. The molecule has 0 aliphatic heterocycles. The largest absolute Gasteiger partial charge is 0.496 e. The lowest BCUT2D eigenvalue weighted by molar-refractivity contribution is 0.407. The van der Waals surface area contributed by atoms with Crippen LogP contribution in [0.2, 0.25) is 0 Å². The van der Waals surface area contributed by atoms with E-state index in [9.17, 15) is 0 Å². The summed E-state index contributed by atoms with van der Waals surface area (Å²) < 4.78 is 5.92. The molecule has 124 valence electrons. The Labute approximate surface area is 141 Å². The summed E-state index contributed by atoms with van der Waals surface area (Å²) in [4.78, 5) is 0. The van der Waals surface area contributed by atoms with Gasteiger partial charge in [-0.3, -0.25) is 0 Å². The molecule has 0 fully saturated rings. The molecule has 2 aromatic carbocycles. The van der Waals surface area contributed by atoms with Gasteiger partial charge in [-0.1, -0.05) is 71.9 Å². The number of rotatable bonds is 5. The predicted molar refractivity (Wildman–Crippen MR) is 101 cm³/mol. The molecule has 1 nitrogen and oxygen atoms in total. The predicted octanol–water partition coefficient (Wildman–Crippen LogP) is 6.73. The van der Waals surface area contributed by atoms with E-state index in [1.807, 2.05) is 0 Å². The molecule has 0 atom stereocenters. The number of hydrogen-bond donors (Lipinski definition) is 0. The Bertz CT molecular complexity index is 651. The van der Waals surface area contributed by atoms with Gasteiger partial charge in [-0.05, 0) is 40.5 Å². The van der Waals surface area contributed by atoms with E-state index in [1.165, 1.54) is 27.8 Å². The molecule has 0 bridgehead atoms. The Kier molecular flexibility index (Phi) is 5.51. The molecule has 23 heavy (non-hydrogen) atoms. The fourth-order valence-electron chi connectivity index (χ4n) is 3.47. The number of ether oxygens (including phenoxy) is 1. The van der Waals surface area contributed by atoms with Crippen molar-refractivity contribution < 1.29 is 4.74 Å². The van der Waals surface area contributed by atoms with Gasteiger partial charge in [0.2, 0.25) is 0 Å². The van der Waals surface area contributed by atoms with Gasteiger partial charge < -0.3 is 4.74 Å². The van der Waals surface area contributed by atoms with E-state index < -0.39 is 0 Å². The van der Waals surface area contributed by atoms with Crippen LogP contribution in [-0.4, -0.2) is 7.11 Å². The summed E-state index contributed by atoms with van der Waals surface area (Å²) in [6.45, 7) is 13.7. The van der Waals surface area contributed by atoms with E-state index in [0.717, 1.165) is 5.75 Å². The first kappa shape index (κ1) is 17.6.